The summed E-state index contributed by atoms with van der Waals surface area (Å²) < 4.78 is 15.2. The van der Waals surface area contributed by atoms with Crippen LogP contribution in [0.1, 0.15) is 22.9 Å². The number of hydrogen-bond acceptors (Lipinski definition) is 3. The van der Waals surface area contributed by atoms with E-state index in [0.29, 0.717) is 37.3 Å². The van der Waals surface area contributed by atoms with Gasteiger partial charge in [-0.2, -0.15) is 0 Å². The van der Waals surface area contributed by atoms with Crippen LogP contribution in [-0.2, 0) is 0 Å². The predicted octanol–water partition coefficient (Wildman–Crippen LogP) is 0.907. The van der Waals surface area contributed by atoms with Gasteiger partial charge in [-0.05, 0) is 0 Å². The van der Waals surface area contributed by atoms with Gasteiger partial charge in [-0.3, -0.25) is 0 Å². The average Bonchev–Trinajstić information content (AvgIpc) is 2.75. The fourth-order valence-corrected chi connectivity index (χ4v) is 2.31. The number of nitrogens with zero attached hydrogens (tertiary/aromatic N) is 3. The molecule has 1 N–H and O–H groups in total. The molecule has 0 aliphatic heterocycles. The molecule has 1 unspecified atom stereocenters. The van der Waals surface area contributed by atoms with E-state index in [4.69, 9.17) is 5.26 Å². The van der Waals surface area contributed by atoms with Crippen molar-refractivity contribution in [1.82, 2.24) is 7.36 Å². The molecule has 0 saturated heterocycles. The molecule has 2 aromatic rings. The van der Waals surface area contributed by atoms with E-state index in [1.54, 1.807) is 18.6 Å². The van der Waals surface area contributed by atoms with Gasteiger partial charge in [0.05, 0.1) is 0 Å². The second-order valence-electron chi connectivity index (χ2n) is 3.50. The average molecular weight is 421 g/mol. The third kappa shape index (κ3) is 2.53. The predicted molar refractivity (Wildman–Crippen MR) is 58.6 cm³/mol. The number of imidazole rings is 1. The summed E-state index contributed by atoms with van der Waals surface area (Å²) in [6, 6.07) is 5.78. The molecule has 17 heavy (non-hydrogen) atoms. The van der Waals surface area contributed by atoms with Crippen molar-refractivity contribution in [3.8, 4) is 6.07 Å². The Labute approximate surface area is 113 Å². The summed E-state index contributed by atoms with van der Waals surface area (Å²) in [6.45, 7) is 0. The second kappa shape index (κ2) is 4.93. The van der Waals surface area contributed by atoms with Gasteiger partial charge in [-0.1, -0.05) is 0 Å². The van der Waals surface area contributed by atoms with Crippen molar-refractivity contribution >= 4 is 26.1 Å². The van der Waals surface area contributed by atoms with Gasteiger partial charge < -0.3 is 0 Å². The van der Waals surface area contributed by atoms with Crippen molar-refractivity contribution in [3.05, 3.63) is 53.4 Å². The van der Waals surface area contributed by atoms with Crippen LogP contribution in [0.4, 0.5) is 4.39 Å². The van der Waals surface area contributed by atoms with E-state index < -0.39 is 11.9 Å². The third-order valence-electron chi connectivity index (χ3n) is 2.33. The first-order valence-corrected chi connectivity index (χ1v) is 6.79. The van der Waals surface area contributed by atoms with Gasteiger partial charge in [0, 0.05) is 0 Å². The number of aromatic nitrogens is 2. The summed E-state index contributed by atoms with van der Waals surface area (Å²) in [5, 5.41) is 18.6. The Morgan fingerprint density at radius 3 is 2.82 bits per heavy atom. The standard InChI is InChI=1S/C11H7FN3O.Tl/c12-9-3-7(1-2-8(9)4-13)11(16)10-5-14-6-15-10;/h1-3,5-6,11,16H;/q-1;+1. The summed E-state index contributed by atoms with van der Waals surface area (Å²) >= 11 is 0.575. The zero-order valence-corrected chi connectivity index (χ0v) is 13.2. The van der Waals surface area contributed by atoms with Crippen LogP contribution in [0.3, 0.4) is 0 Å². The van der Waals surface area contributed by atoms with E-state index in [1.807, 2.05) is 2.38 Å². The number of aliphatic hydroxyl groups is 1. The van der Waals surface area contributed by atoms with Crippen LogP contribution in [0.2, 0.25) is 0 Å². The molecule has 0 radical (unpaired) electrons. The van der Waals surface area contributed by atoms with Crippen LogP contribution < -0.4 is 0 Å². The van der Waals surface area contributed by atoms with E-state index in [9.17, 15) is 9.50 Å². The molecule has 0 spiro atoms. The Morgan fingerprint density at radius 1 is 1.53 bits per heavy atom. The van der Waals surface area contributed by atoms with E-state index >= 15 is 0 Å². The van der Waals surface area contributed by atoms with Crippen molar-refractivity contribution in [1.29, 1.82) is 5.26 Å². The summed E-state index contributed by atoms with van der Waals surface area (Å²) in [6.07, 6.45) is 2.39. The van der Waals surface area contributed by atoms with Gasteiger partial charge in [-0.15, -0.1) is 0 Å². The number of rotatable bonds is 2. The molecule has 0 saturated carbocycles. The molecule has 1 atom stereocenters. The Morgan fingerprint density at radius 2 is 2.29 bits per heavy atom. The molecule has 6 heteroatoms. The Hall–Kier alpha value is -1.27. The number of aliphatic hydroxyl groups excluding tert-OH is 1. The van der Waals surface area contributed by atoms with E-state index in [1.165, 1.54) is 12.1 Å². The van der Waals surface area contributed by atoms with Crippen LogP contribution in [0.5, 0.6) is 0 Å². The van der Waals surface area contributed by atoms with Gasteiger partial charge in [0.1, 0.15) is 0 Å². The minimum atomic E-state index is -0.961. The number of nitriles is 1. The Kier molecular flexibility index (Phi) is 3.54. The van der Waals surface area contributed by atoms with Crippen LogP contribution in [0, 0.1) is 17.1 Å². The fraction of sp³-hybridized carbons (Fsp3) is 0.0909. The zero-order chi connectivity index (χ0) is 12.4. The maximum absolute atomic E-state index is 13.4. The van der Waals surface area contributed by atoms with E-state index in [2.05, 4.69) is 4.98 Å². The van der Waals surface area contributed by atoms with Gasteiger partial charge in [0.2, 0.25) is 0 Å². The molecular weight excluding hydrogens is 414 g/mol. The van der Waals surface area contributed by atoms with Crippen LogP contribution in [0.25, 0.3) is 0 Å². The van der Waals surface area contributed by atoms with Gasteiger partial charge >= 0.3 is 114 Å². The van der Waals surface area contributed by atoms with Gasteiger partial charge in [-0.25, -0.2) is 0 Å². The van der Waals surface area contributed by atoms with E-state index in [-0.39, 0.29) is 5.56 Å². The SMILES string of the molecule is N#Cc1ccc(C(O)c2c[n]([Tl])cn2)cc1F. The molecule has 4 nitrogen and oxygen atoms in total. The number of halogens is 1. The van der Waals surface area contributed by atoms with Crippen molar-refractivity contribution in [2.24, 2.45) is 0 Å². The van der Waals surface area contributed by atoms with Gasteiger partial charge in [0.15, 0.2) is 0 Å². The quantitative estimate of drug-likeness (QED) is 0.735. The minimum absolute atomic E-state index is 0.0316. The molecule has 1 heterocycles. The molecule has 0 bridgehead atoms. The molecule has 2 rings (SSSR count). The first-order valence-electron chi connectivity index (χ1n) is 4.78. The summed E-state index contributed by atoms with van der Waals surface area (Å²) in [5.74, 6) is -0.628. The first kappa shape index (κ1) is 12.2. The topological polar surface area (TPSA) is 61.8 Å². The number of hydrogen-bond donors (Lipinski definition) is 1. The molecule has 0 aliphatic carbocycles. The van der Waals surface area contributed by atoms with Gasteiger partial charge in [0.25, 0.3) is 0 Å². The van der Waals surface area contributed by atoms with Crippen molar-refractivity contribution in [2.75, 3.05) is 0 Å². The Balaban J connectivity index is 2.35. The van der Waals surface area contributed by atoms with E-state index in [0.717, 1.165) is 6.07 Å². The molecule has 82 valence electrons. The first-order chi connectivity index (χ1) is 8.11. The molecule has 0 amide bonds. The van der Waals surface area contributed by atoms with Crippen LogP contribution >= 0.6 is 0 Å². The normalized spacial score (nSPS) is 12.0. The second-order valence-corrected chi connectivity index (χ2v) is 5.82. The van der Waals surface area contributed by atoms with Crippen molar-refractivity contribution in [2.45, 2.75) is 6.10 Å². The third-order valence-corrected chi connectivity index (χ3v) is 3.43. The summed E-state index contributed by atoms with van der Waals surface area (Å²) in [7, 11) is 0. The zero-order valence-electron chi connectivity index (χ0n) is 8.71. The molecule has 1 aromatic carbocycles. The molecule has 0 aliphatic rings. The molecule has 0 fully saturated rings. The monoisotopic (exact) mass is 421 g/mol. The molecule has 1 aromatic heterocycles. The van der Waals surface area contributed by atoms with Crippen molar-refractivity contribution < 1.29 is 9.50 Å². The summed E-state index contributed by atoms with van der Waals surface area (Å²) in [4.78, 5) is 4.03. The van der Waals surface area contributed by atoms with Crippen molar-refractivity contribution in [3.63, 3.8) is 0 Å². The number of benzene rings is 1. The molecular formula is C11H7FN3OTl. The van der Waals surface area contributed by atoms with Crippen LogP contribution in [-0.4, -0.2) is 38.5 Å². The Bertz CT molecular complexity index is 591. The summed E-state index contributed by atoms with van der Waals surface area (Å²) in [5.41, 5.74) is 0.845. The van der Waals surface area contributed by atoms with Crippen LogP contribution in [0.15, 0.2) is 30.7 Å². The fourth-order valence-electron chi connectivity index (χ4n) is 1.46. The maximum atomic E-state index is 13.4.